The summed E-state index contributed by atoms with van der Waals surface area (Å²) in [6, 6.07) is -2.83. The summed E-state index contributed by atoms with van der Waals surface area (Å²) in [4.78, 5) is 54.6. The van der Waals surface area contributed by atoms with Crippen molar-refractivity contribution < 1.29 is 24.3 Å². The van der Waals surface area contributed by atoms with Crippen molar-refractivity contribution >= 4 is 23.7 Å². The number of carbonyl (C=O) groups is 4. The number of carbonyl (C=O) groups excluding carboxylic acids is 3. The minimum Gasteiger partial charge on any atom is -0.480 e. The number of imidazole rings is 1. The minimum absolute atomic E-state index is 0.229. The van der Waals surface area contributed by atoms with Crippen LogP contribution in [0.3, 0.4) is 0 Å². The van der Waals surface area contributed by atoms with Crippen molar-refractivity contribution in [3.05, 3.63) is 18.2 Å². The Bertz CT molecular complexity index is 704. The van der Waals surface area contributed by atoms with Gasteiger partial charge in [0.25, 0.3) is 0 Å². The van der Waals surface area contributed by atoms with Crippen LogP contribution in [0.25, 0.3) is 0 Å². The molecule has 1 aromatic heterocycles. The summed E-state index contributed by atoms with van der Waals surface area (Å²) in [6.45, 7) is 6.39. The molecule has 3 atom stereocenters. The van der Waals surface area contributed by atoms with Crippen molar-refractivity contribution in [2.24, 2.45) is 17.6 Å². The molecule has 3 amide bonds. The van der Waals surface area contributed by atoms with Gasteiger partial charge in [-0.15, -0.1) is 0 Å². The summed E-state index contributed by atoms with van der Waals surface area (Å²) in [5, 5.41) is 16.5. The summed E-state index contributed by atoms with van der Waals surface area (Å²) in [7, 11) is 0. The van der Waals surface area contributed by atoms with E-state index in [1.165, 1.54) is 6.33 Å². The van der Waals surface area contributed by atoms with Crippen LogP contribution in [-0.2, 0) is 25.6 Å². The van der Waals surface area contributed by atoms with Gasteiger partial charge in [0.05, 0.1) is 18.9 Å². The molecule has 1 rings (SSSR count). The van der Waals surface area contributed by atoms with Gasteiger partial charge >= 0.3 is 5.97 Å². The predicted octanol–water partition coefficient (Wildman–Crippen LogP) is -1.24. The lowest BCUT2D eigenvalue weighted by Crippen LogP contribution is -2.55. The fraction of sp³-hybridized carbons (Fsp3) is 0.611. The highest BCUT2D eigenvalue weighted by Crippen LogP contribution is 2.04. The van der Waals surface area contributed by atoms with Crippen LogP contribution < -0.4 is 21.7 Å². The Hall–Kier alpha value is -2.95. The van der Waals surface area contributed by atoms with Gasteiger partial charge in [-0.05, 0) is 11.8 Å². The Morgan fingerprint density at radius 2 is 1.69 bits per heavy atom. The van der Waals surface area contributed by atoms with Crippen molar-refractivity contribution in [3.63, 3.8) is 0 Å². The number of carboxylic acid groups (broad SMARTS) is 1. The molecule has 3 unspecified atom stereocenters. The summed E-state index contributed by atoms with van der Waals surface area (Å²) in [5.41, 5.74) is 6.57. The molecule has 0 radical (unpaired) electrons. The van der Waals surface area contributed by atoms with E-state index in [1.807, 2.05) is 0 Å². The number of hydrogen-bond donors (Lipinski definition) is 6. The first kappa shape index (κ1) is 24.1. The van der Waals surface area contributed by atoms with Crippen LogP contribution in [0.1, 0.15) is 33.4 Å². The maximum Gasteiger partial charge on any atom is 0.326 e. The van der Waals surface area contributed by atoms with Gasteiger partial charge in [-0.1, -0.05) is 27.7 Å². The standard InChI is InChI=1S/C18H30N6O5/c1-9(2)14(24-16(26)12(19)5-11-6-20-8-22-11)17(27)21-7-13(25)23-15(10(3)4)18(28)29/h6,8-10,12,14-15H,5,7,19H2,1-4H3,(H,20,22)(H,21,27)(H,23,25)(H,24,26)(H,28,29). The van der Waals surface area contributed by atoms with Crippen LogP contribution in [0.15, 0.2) is 12.5 Å². The Morgan fingerprint density at radius 1 is 1.07 bits per heavy atom. The number of carboxylic acids is 1. The van der Waals surface area contributed by atoms with Crippen molar-refractivity contribution in [1.82, 2.24) is 25.9 Å². The largest absolute Gasteiger partial charge is 0.480 e. The van der Waals surface area contributed by atoms with E-state index in [9.17, 15) is 19.2 Å². The van der Waals surface area contributed by atoms with Gasteiger partial charge in [-0.25, -0.2) is 9.78 Å². The number of nitrogens with one attached hydrogen (secondary N) is 4. The van der Waals surface area contributed by atoms with Gasteiger partial charge in [-0.2, -0.15) is 0 Å². The highest BCUT2D eigenvalue weighted by atomic mass is 16.4. The molecular weight excluding hydrogens is 380 g/mol. The SMILES string of the molecule is CC(C)C(NC(=O)CNC(=O)C(NC(=O)C(N)Cc1cnc[nH]1)C(C)C)C(=O)O. The van der Waals surface area contributed by atoms with Crippen molar-refractivity contribution in [2.45, 2.75) is 52.2 Å². The second-order valence-electron chi connectivity index (χ2n) is 7.46. The normalized spacial score (nSPS) is 14.2. The minimum atomic E-state index is -1.15. The molecule has 162 valence electrons. The number of aliphatic carboxylic acids is 1. The molecule has 0 spiro atoms. The van der Waals surface area contributed by atoms with Crippen molar-refractivity contribution in [2.75, 3.05) is 6.54 Å². The van der Waals surface area contributed by atoms with Crippen molar-refractivity contribution in [3.8, 4) is 0 Å². The van der Waals surface area contributed by atoms with E-state index in [1.54, 1.807) is 33.9 Å². The molecule has 0 saturated heterocycles. The lowest BCUT2D eigenvalue weighted by Gasteiger charge is -2.24. The zero-order valence-electron chi connectivity index (χ0n) is 17.1. The maximum atomic E-state index is 12.4. The average molecular weight is 410 g/mol. The fourth-order valence-electron chi connectivity index (χ4n) is 2.54. The van der Waals surface area contributed by atoms with Gasteiger partial charge in [0, 0.05) is 18.3 Å². The first-order valence-corrected chi connectivity index (χ1v) is 9.36. The molecule has 0 aliphatic heterocycles. The van der Waals surface area contributed by atoms with E-state index >= 15 is 0 Å². The number of amides is 3. The van der Waals surface area contributed by atoms with E-state index in [0.29, 0.717) is 5.69 Å². The highest BCUT2D eigenvalue weighted by molar-refractivity contribution is 5.92. The van der Waals surface area contributed by atoms with Gasteiger partial charge < -0.3 is 31.8 Å². The van der Waals surface area contributed by atoms with Gasteiger partial charge in [0.1, 0.15) is 12.1 Å². The third-order valence-electron chi connectivity index (χ3n) is 4.25. The van der Waals surface area contributed by atoms with Crippen molar-refractivity contribution in [1.29, 1.82) is 0 Å². The molecule has 0 fully saturated rings. The van der Waals surface area contributed by atoms with E-state index < -0.39 is 48.4 Å². The number of nitrogens with zero attached hydrogens (tertiary/aromatic N) is 1. The lowest BCUT2D eigenvalue weighted by molar-refractivity contribution is -0.143. The summed E-state index contributed by atoms with van der Waals surface area (Å²) in [5.74, 6) is -3.44. The van der Waals surface area contributed by atoms with Crippen LogP contribution >= 0.6 is 0 Å². The molecule has 7 N–H and O–H groups in total. The molecule has 11 heteroatoms. The summed E-state index contributed by atoms with van der Waals surface area (Å²) in [6.07, 6.45) is 3.26. The maximum absolute atomic E-state index is 12.4. The Labute approximate surface area is 169 Å². The molecule has 1 aromatic rings. The molecule has 0 aliphatic carbocycles. The van der Waals surface area contributed by atoms with E-state index in [-0.39, 0.29) is 18.3 Å². The number of aromatic amines is 1. The van der Waals surface area contributed by atoms with Gasteiger partial charge in [-0.3, -0.25) is 14.4 Å². The van der Waals surface area contributed by atoms with Crippen LogP contribution in [-0.4, -0.2) is 63.4 Å². The highest BCUT2D eigenvalue weighted by Gasteiger charge is 2.28. The second-order valence-corrected chi connectivity index (χ2v) is 7.46. The Balaban J connectivity index is 2.60. The number of H-pyrrole nitrogens is 1. The number of nitrogens with two attached hydrogens (primary N) is 1. The smallest absolute Gasteiger partial charge is 0.326 e. The number of rotatable bonds is 11. The Morgan fingerprint density at radius 3 is 2.17 bits per heavy atom. The number of aromatic nitrogens is 2. The Kier molecular flexibility index (Phi) is 9.26. The first-order valence-electron chi connectivity index (χ1n) is 9.36. The number of hydrogen-bond acceptors (Lipinski definition) is 6. The molecule has 29 heavy (non-hydrogen) atoms. The average Bonchev–Trinajstić information content (AvgIpc) is 3.13. The molecule has 0 aromatic carbocycles. The fourth-order valence-corrected chi connectivity index (χ4v) is 2.54. The quantitative estimate of drug-likeness (QED) is 0.264. The van der Waals surface area contributed by atoms with E-state index in [4.69, 9.17) is 10.8 Å². The zero-order chi connectivity index (χ0) is 22.1. The molecule has 11 nitrogen and oxygen atoms in total. The predicted molar refractivity (Wildman–Crippen MR) is 104 cm³/mol. The molecular formula is C18H30N6O5. The summed E-state index contributed by atoms with van der Waals surface area (Å²) < 4.78 is 0. The second kappa shape index (κ2) is 11.1. The summed E-state index contributed by atoms with van der Waals surface area (Å²) >= 11 is 0. The monoisotopic (exact) mass is 410 g/mol. The van der Waals surface area contributed by atoms with Crippen LogP contribution in [0.2, 0.25) is 0 Å². The lowest BCUT2D eigenvalue weighted by atomic mass is 10.0. The molecule has 0 bridgehead atoms. The third kappa shape index (κ3) is 7.90. The van der Waals surface area contributed by atoms with Crippen LogP contribution in [0.4, 0.5) is 0 Å². The molecule has 0 saturated carbocycles. The molecule has 0 aliphatic rings. The van der Waals surface area contributed by atoms with Crippen LogP contribution in [0.5, 0.6) is 0 Å². The van der Waals surface area contributed by atoms with Gasteiger partial charge in [0.15, 0.2) is 0 Å². The third-order valence-corrected chi connectivity index (χ3v) is 4.25. The zero-order valence-corrected chi connectivity index (χ0v) is 17.1. The molecule has 1 heterocycles. The van der Waals surface area contributed by atoms with Gasteiger partial charge in [0.2, 0.25) is 17.7 Å². The van der Waals surface area contributed by atoms with E-state index in [0.717, 1.165) is 0 Å². The van der Waals surface area contributed by atoms with Crippen LogP contribution in [0, 0.1) is 11.8 Å². The topological polar surface area (TPSA) is 179 Å². The first-order chi connectivity index (χ1) is 13.5. The van der Waals surface area contributed by atoms with E-state index in [2.05, 4.69) is 25.9 Å².